The molecule has 2 aromatic rings. The maximum absolute atomic E-state index is 11.7. The molecular formula is C12H14N6O4. The fourth-order valence-corrected chi connectivity index (χ4v) is 1.60. The normalized spacial score (nSPS) is 10.0. The highest BCUT2D eigenvalue weighted by Crippen LogP contribution is 2.28. The van der Waals surface area contributed by atoms with Crippen LogP contribution in [0.4, 0.5) is 17.3 Å². The van der Waals surface area contributed by atoms with Crippen molar-refractivity contribution in [3.8, 4) is 0 Å². The quantitative estimate of drug-likeness (QED) is 0.518. The van der Waals surface area contributed by atoms with E-state index in [0.717, 1.165) is 12.7 Å². The Morgan fingerprint density at radius 3 is 2.82 bits per heavy atom. The lowest BCUT2D eigenvalue weighted by molar-refractivity contribution is -0.383. The van der Waals surface area contributed by atoms with Crippen LogP contribution in [0.25, 0.3) is 0 Å². The third-order valence-corrected chi connectivity index (χ3v) is 2.59. The van der Waals surface area contributed by atoms with Gasteiger partial charge in [-0.15, -0.1) is 0 Å². The minimum Gasteiger partial charge on any atom is -0.459 e. The molecule has 0 saturated heterocycles. The van der Waals surface area contributed by atoms with Gasteiger partial charge in [0.15, 0.2) is 5.76 Å². The van der Waals surface area contributed by atoms with Crippen LogP contribution in [0.3, 0.4) is 0 Å². The van der Waals surface area contributed by atoms with Gasteiger partial charge in [0, 0.05) is 6.54 Å². The average Bonchev–Trinajstić information content (AvgIpc) is 3.04. The molecule has 2 aromatic heterocycles. The molecule has 0 saturated carbocycles. The van der Waals surface area contributed by atoms with Crippen LogP contribution in [0.2, 0.25) is 0 Å². The van der Waals surface area contributed by atoms with Crippen molar-refractivity contribution < 1.29 is 14.1 Å². The van der Waals surface area contributed by atoms with Gasteiger partial charge in [-0.2, -0.15) is 0 Å². The number of carbonyl (C=O) groups is 1. The molecule has 0 aliphatic rings. The predicted molar refractivity (Wildman–Crippen MR) is 77.3 cm³/mol. The van der Waals surface area contributed by atoms with E-state index in [2.05, 4.69) is 26.1 Å². The van der Waals surface area contributed by atoms with Gasteiger partial charge >= 0.3 is 11.6 Å². The summed E-state index contributed by atoms with van der Waals surface area (Å²) < 4.78 is 4.91. The van der Waals surface area contributed by atoms with Gasteiger partial charge in [-0.1, -0.05) is 6.92 Å². The summed E-state index contributed by atoms with van der Waals surface area (Å²) in [5.41, 5.74) is 4.33. The van der Waals surface area contributed by atoms with Crippen molar-refractivity contribution in [2.75, 3.05) is 17.3 Å². The summed E-state index contributed by atoms with van der Waals surface area (Å²) in [5, 5.41) is 14.0. The number of hydrogen-bond acceptors (Lipinski definition) is 8. The smallest absolute Gasteiger partial charge is 0.354 e. The summed E-state index contributed by atoms with van der Waals surface area (Å²) in [6.07, 6.45) is 3.28. The number of hydrogen-bond donors (Lipinski definition) is 3. The number of nitro groups is 1. The van der Waals surface area contributed by atoms with Gasteiger partial charge in [-0.25, -0.2) is 9.97 Å². The van der Waals surface area contributed by atoms with Crippen molar-refractivity contribution in [3.63, 3.8) is 0 Å². The third-order valence-electron chi connectivity index (χ3n) is 2.59. The first-order valence-electron chi connectivity index (χ1n) is 6.46. The molecule has 0 fully saturated rings. The second-order valence-corrected chi connectivity index (χ2v) is 4.16. The van der Waals surface area contributed by atoms with E-state index in [0.29, 0.717) is 6.54 Å². The monoisotopic (exact) mass is 306 g/mol. The molecule has 0 unspecified atom stereocenters. The van der Waals surface area contributed by atoms with Crippen LogP contribution in [-0.2, 0) is 0 Å². The molecule has 116 valence electrons. The van der Waals surface area contributed by atoms with E-state index in [4.69, 9.17) is 4.42 Å². The lowest BCUT2D eigenvalue weighted by Gasteiger charge is -2.09. The van der Waals surface area contributed by atoms with Crippen molar-refractivity contribution in [2.24, 2.45) is 0 Å². The van der Waals surface area contributed by atoms with E-state index >= 15 is 0 Å². The Morgan fingerprint density at radius 2 is 2.18 bits per heavy atom. The molecule has 0 spiro atoms. The van der Waals surface area contributed by atoms with Crippen molar-refractivity contribution in [3.05, 3.63) is 40.6 Å². The van der Waals surface area contributed by atoms with Crippen LogP contribution >= 0.6 is 0 Å². The van der Waals surface area contributed by atoms with Gasteiger partial charge in [0.2, 0.25) is 11.6 Å². The summed E-state index contributed by atoms with van der Waals surface area (Å²) in [6.45, 7) is 2.44. The topological polar surface area (TPSA) is 135 Å². The molecule has 22 heavy (non-hydrogen) atoms. The summed E-state index contributed by atoms with van der Waals surface area (Å²) in [7, 11) is 0. The minimum atomic E-state index is -0.626. The SMILES string of the molecule is CCCNc1ncnc(NNC(=O)c2ccco2)c1[N+](=O)[O-]. The molecule has 2 rings (SSSR count). The van der Waals surface area contributed by atoms with Gasteiger partial charge in [-0.05, 0) is 18.6 Å². The Morgan fingerprint density at radius 1 is 1.41 bits per heavy atom. The molecule has 0 bridgehead atoms. The van der Waals surface area contributed by atoms with E-state index < -0.39 is 10.8 Å². The molecule has 0 aromatic carbocycles. The van der Waals surface area contributed by atoms with E-state index in [1.54, 1.807) is 6.07 Å². The summed E-state index contributed by atoms with van der Waals surface area (Å²) in [6, 6.07) is 3.01. The van der Waals surface area contributed by atoms with Gasteiger partial charge in [0.1, 0.15) is 6.33 Å². The number of anilines is 2. The lowest BCUT2D eigenvalue weighted by Crippen LogP contribution is -2.30. The molecule has 0 radical (unpaired) electrons. The van der Waals surface area contributed by atoms with Crippen molar-refractivity contribution >= 4 is 23.2 Å². The number of furan rings is 1. The predicted octanol–water partition coefficient (Wildman–Crippen LogP) is 1.56. The van der Waals surface area contributed by atoms with Crippen molar-refractivity contribution in [2.45, 2.75) is 13.3 Å². The number of amides is 1. The second kappa shape index (κ2) is 7.02. The van der Waals surface area contributed by atoms with E-state index in [1.807, 2.05) is 6.92 Å². The first-order chi connectivity index (χ1) is 10.6. The van der Waals surface area contributed by atoms with Crippen LogP contribution in [-0.4, -0.2) is 27.3 Å². The van der Waals surface area contributed by atoms with Crippen molar-refractivity contribution in [1.29, 1.82) is 0 Å². The average molecular weight is 306 g/mol. The molecule has 1 amide bonds. The van der Waals surface area contributed by atoms with E-state index in [-0.39, 0.29) is 23.1 Å². The zero-order chi connectivity index (χ0) is 15.9. The van der Waals surface area contributed by atoms with Gasteiger partial charge < -0.3 is 9.73 Å². The molecule has 3 N–H and O–H groups in total. The Labute approximate surface area is 125 Å². The molecule has 10 heteroatoms. The summed E-state index contributed by atoms with van der Waals surface area (Å²) in [5.74, 6) is -0.565. The second-order valence-electron chi connectivity index (χ2n) is 4.16. The molecule has 10 nitrogen and oxygen atoms in total. The Bertz CT molecular complexity index is 658. The molecule has 0 atom stereocenters. The van der Waals surface area contributed by atoms with Crippen LogP contribution in [0, 0.1) is 10.1 Å². The third kappa shape index (κ3) is 3.48. The Kier molecular flexibility index (Phi) is 4.85. The van der Waals surface area contributed by atoms with E-state index in [9.17, 15) is 14.9 Å². The van der Waals surface area contributed by atoms with Crippen molar-refractivity contribution in [1.82, 2.24) is 15.4 Å². The highest BCUT2D eigenvalue weighted by atomic mass is 16.6. The number of nitrogens with one attached hydrogen (secondary N) is 3. The Balaban J connectivity index is 2.16. The lowest BCUT2D eigenvalue weighted by atomic mass is 10.4. The maximum Gasteiger partial charge on any atom is 0.354 e. The van der Waals surface area contributed by atoms with Crippen LogP contribution in [0.5, 0.6) is 0 Å². The first kappa shape index (κ1) is 15.2. The zero-order valence-electron chi connectivity index (χ0n) is 11.7. The molecule has 2 heterocycles. The highest BCUT2D eigenvalue weighted by Gasteiger charge is 2.23. The molecule has 0 aliphatic heterocycles. The van der Waals surface area contributed by atoms with Gasteiger partial charge in [-0.3, -0.25) is 25.8 Å². The van der Waals surface area contributed by atoms with Crippen LogP contribution < -0.4 is 16.2 Å². The van der Waals surface area contributed by atoms with Crippen LogP contribution in [0.1, 0.15) is 23.9 Å². The molecule has 0 aliphatic carbocycles. The summed E-state index contributed by atoms with van der Waals surface area (Å²) >= 11 is 0. The number of hydrazine groups is 1. The fraction of sp³-hybridized carbons (Fsp3) is 0.250. The number of carbonyl (C=O) groups excluding carboxylic acids is 1. The fourth-order valence-electron chi connectivity index (χ4n) is 1.60. The number of rotatable bonds is 7. The Hall–Kier alpha value is -3.17. The van der Waals surface area contributed by atoms with Crippen LogP contribution in [0.15, 0.2) is 29.1 Å². The molecular weight excluding hydrogens is 292 g/mol. The van der Waals surface area contributed by atoms with E-state index in [1.165, 1.54) is 12.3 Å². The van der Waals surface area contributed by atoms with Gasteiger partial charge in [0.25, 0.3) is 0 Å². The van der Waals surface area contributed by atoms with Gasteiger partial charge in [0.05, 0.1) is 11.2 Å². The highest BCUT2D eigenvalue weighted by molar-refractivity contribution is 5.92. The standard InChI is InChI=1S/C12H14N6O4/c1-2-5-13-10-9(18(20)21)11(15-7-14-10)16-17-12(19)8-4-3-6-22-8/h3-4,6-7H,2,5H2,1H3,(H,17,19)(H2,13,14,15,16). The first-order valence-corrected chi connectivity index (χ1v) is 6.46. The summed E-state index contributed by atoms with van der Waals surface area (Å²) in [4.78, 5) is 29.9. The number of nitrogens with zero attached hydrogens (tertiary/aromatic N) is 3. The maximum atomic E-state index is 11.7. The zero-order valence-corrected chi connectivity index (χ0v) is 11.7. The number of aromatic nitrogens is 2. The largest absolute Gasteiger partial charge is 0.459 e. The minimum absolute atomic E-state index is 0.0635.